The number of ether oxygens (including phenoxy) is 1. The maximum absolute atomic E-state index is 5.66. The van der Waals surface area contributed by atoms with Crippen LogP contribution in [0.1, 0.15) is 12.5 Å². The molecular weight excluding hydrogens is 152 g/mol. The number of nitrogens with two attached hydrogens (primary N) is 1. The molecule has 66 valence electrons. The molecule has 12 heavy (non-hydrogen) atoms. The van der Waals surface area contributed by atoms with E-state index in [1.807, 2.05) is 19.1 Å². The van der Waals surface area contributed by atoms with Crippen LogP contribution in [0, 0.1) is 0 Å². The van der Waals surface area contributed by atoms with Crippen molar-refractivity contribution in [3.63, 3.8) is 0 Å². The van der Waals surface area contributed by atoms with Gasteiger partial charge in [0, 0.05) is 17.8 Å². The Balaban J connectivity index is 2.82. The quantitative estimate of drug-likeness (QED) is 0.728. The predicted octanol–water partition coefficient (Wildman–Crippen LogP) is 0.980. The third-order valence-electron chi connectivity index (χ3n) is 1.59. The summed E-state index contributed by atoms with van der Waals surface area (Å²) in [6.07, 6.45) is 2.51. The van der Waals surface area contributed by atoms with E-state index >= 15 is 0 Å². The lowest BCUT2D eigenvalue weighted by Gasteiger charge is -2.08. The molecule has 3 nitrogen and oxygen atoms in total. The molecular formula is C9H14N2O. The summed E-state index contributed by atoms with van der Waals surface area (Å²) in [5.74, 6) is 0.676. The minimum atomic E-state index is 0.142. The molecule has 2 N–H and O–H groups in total. The molecule has 1 atom stereocenters. The van der Waals surface area contributed by atoms with Gasteiger partial charge in [-0.25, -0.2) is 4.98 Å². The van der Waals surface area contributed by atoms with Gasteiger partial charge in [0.2, 0.25) is 5.88 Å². The fourth-order valence-corrected chi connectivity index (χ4v) is 1.11. The molecule has 0 saturated heterocycles. The second-order valence-electron chi connectivity index (χ2n) is 2.85. The maximum Gasteiger partial charge on any atom is 0.216 e. The molecule has 1 heterocycles. The van der Waals surface area contributed by atoms with E-state index in [1.165, 1.54) is 0 Å². The van der Waals surface area contributed by atoms with E-state index in [0.717, 1.165) is 12.0 Å². The van der Waals surface area contributed by atoms with Crippen LogP contribution in [-0.2, 0) is 6.42 Å². The van der Waals surface area contributed by atoms with Crippen LogP contribution >= 0.6 is 0 Å². The molecule has 1 rings (SSSR count). The largest absolute Gasteiger partial charge is 0.481 e. The Labute approximate surface area is 72.6 Å². The zero-order chi connectivity index (χ0) is 8.97. The van der Waals surface area contributed by atoms with Crippen LogP contribution in [0.3, 0.4) is 0 Å². The number of nitrogens with zero attached hydrogens (tertiary/aromatic N) is 1. The maximum atomic E-state index is 5.66. The van der Waals surface area contributed by atoms with E-state index in [9.17, 15) is 0 Å². The molecule has 0 bridgehead atoms. The van der Waals surface area contributed by atoms with Crippen molar-refractivity contribution in [3.05, 3.63) is 23.9 Å². The van der Waals surface area contributed by atoms with Gasteiger partial charge < -0.3 is 10.5 Å². The summed E-state index contributed by atoms with van der Waals surface area (Å²) < 4.78 is 5.08. The molecule has 0 aliphatic carbocycles. The lowest BCUT2D eigenvalue weighted by Crippen LogP contribution is -2.18. The molecule has 1 aromatic heterocycles. The Morgan fingerprint density at radius 2 is 2.42 bits per heavy atom. The van der Waals surface area contributed by atoms with Crippen LogP contribution in [0.2, 0.25) is 0 Å². The van der Waals surface area contributed by atoms with Crippen molar-refractivity contribution in [1.29, 1.82) is 0 Å². The number of pyridine rings is 1. The summed E-state index contributed by atoms with van der Waals surface area (Å²) in [5.41, 5.74) is 6.73. The van der Waals surface area contributed by atoms with Gasteiger partial charge in [-0.15, -0.1) is 0 Å². The number of hydrogen-bond donors (Lipinski definition) is 1. The van der Waals surface area contributed by atoms with Crippen molar-refractivity contribution in [3.8, 4) is 5.88 Å². The molecule has 0 saturated carbocycles. The van der Waals surface area contributed by atoms with E-state index in [2.05, 4.69) is 4.98 Å². The minimum absolute atomic E-state index is 0.142. The smallest absolute Gasteiger partial charge is 0.216 e. The summed E-state index contributed by atoms with van der Waals surface area (Å²) in [4.78, 5) is 4.07. The highest BCUT2D eigenvalue weighted by atomic mass is 16.5. The highest BCUT2D eigenvalue weighted by Crippen LogP contribution is 2.14. The number of aromatic nitrogens is 1. The first-order valence-electron chi connectivity index (χ1n) is 3.97. The van der Waals surface area contributed by atoms with Gasteiger partial charge in [0.05, 0.1) is 7.11 Å². The summed E-state index contributed by atoms with van der Waals surface area (Å²) in [6.45, 7) is 1.96. The van der Waals surface area contributed by atoms with Crippen molar-refractivity contribution < 1.29 is 4.74 Å². The second-order valence-corrected chi connectivity index (χ2v) is 2.85. The average molecular weight is 166 g/mol. The first-order chi connectivity index (χ1) is 5.74. The van der Waals surface area contributed by atoms with Crippen LogP contribution in [0.15, 0.2) is 18.3 Å². The van der Waals surface area contributed by atoms with Crippen LogP contribution in [-0.4, -0.2) is 18.1 Å². The molecule has 0 unspecified atom stereocenters. The van der Waals surface area contributed by atoms with Crippen molar-refractivity contribution in [1.82, 2.24) is 4.98 Å². The van der Waals surface area contributed by atoms with Crippen LogP contribution in [0.4, 0.5) is 0 Å². The summed E-state index contributed by atoms with van der Waals surface area (Å²) in [5, 5.41) is 0. The fourth-order valence-electron chi connectivity index (χ4n) is 1.11. The van der Waals surface area contributed by atoms with Crippen LogP contribution < -0.4 is 10.5 Å². The van der Waals surface area contributed by atoms with E-state index in [1.54, 1.807) is 13.3 Å². The van der Waals surface area contributed by atoms with Gasteiger partial charge in [-0.05, 0) is 19.4 Å². The Hall–Kier alpha value is -1.09. The fraction of sp³-hybridized carbons (Fsp3) is 0.444. The lowest BCUT2D eigenvalue weighted by molar-refractivity contribution is 0.391. The topological polar surface area (TPSA) is 48.1 Å². The van der Waals surface area contributed by atoms with Crippen molar-refractivity contribution in [2.24, 2.45) is 5.73 Å². The van der Waals surface area contributed by atoms with Crippen molar-refractivity contribution in [2.45, 2.75) is 19.4 Å². The van der Waals surface area contributed by atoms with Gasteiger partial charge in [0.15, 0.2) is 0 Å². The molecule has 0 amide bonds. The molecule has 0 spiro atoms. The number of rotatable bonds is 3. The number of methoxy groups -OCH3 is 1. The highest BCUT2D eigenvalue weighted by Gasteiger charge is 2.04. The molecule has 0 fully saturated rings. The molecule has 0 aliphatic rings. The van der Waals surface area contributed by atoms with Gasteiger partial charge in [0.25, 0.3) is 0 Å². The Kier molecular flexibility index (Phi) is 3.05. The Bertz CT molecular complexity index is 248. The van der Waals surface area contributed by atoms with E-state index in [4.69, 9.17) is 10.5 Å². The van der Waals surface area contributed by atoms with E-state index in [-0.39, 0.29) is 6.04 Å². The summed E-state index contributed by atoms with van der Waals surface area (Å²) >= 11 is 0. The predicted molar refractivity (Wildman–Crippen MR) is 48.1 cm³/mol. The highest BCUT2D eigenvalue weighted by molar-refractivity contribution is 5.25. The molecule has 3 heteroatoms. The monoisotopic (exact) mass is 166 g/mol. The van der Waals surface area contributed by atoms with Gasteiger partial charge in [-0.2, -0.15) is 0 Å². The molecule has 1 aromatic rings. The standard InChI is InChI=1S/C9H14N2O/c1-7(10)6-8-4-3-5-11-9(8)12-2/h3-5,7H,6,10H2,1-2H3/t7-/m1/s1. The van der Waals surface area contributed by atoms with Gasteiger partial charge >= 0.3 is 0 Å². The average Bonchev–Trinajstić information content (AvgIpc) is 2.04. The molecule has 0 aliphatic heterocycles. The molecule has 0 radical (unpaired) electrons. The number of hydrogen-bond acceptors (Lipinski definition) is 3. The van der Waals surface area contributed by atoms with Gasteiger partial charge in [0.1, 0.15) is 0 Å². The van der Waals surface area contributed by atoms with Gasteiger partial charge in [-0.1, -0.05) is 6.07 Å². The third kappa shape index (κ3) is 2.20. The first-order valence-corrected chi connectivity index (χ1v) is 3.97. The van der Waals surface area contributed by atoms with E-state index in [0.29, 0.717) is 5.88 Å². The normalized spacial score (nSPS) is 12.6. The van der Waals surface area contributed by atoms with Crippen molar-refractivity contribution >= 4 is 0 Å². The molecule has 0 aromatic carbocycles. The summed E-state index contributed by atoms with van der Waals surface area (Å²) in [6, 6.07) is 4.01. The summed E-state index contributed by atoms with van der Waals surface area (Å²) in [7, 11) is 1.62. The van der Waals surface area contributed by atoms with E-state index < -0.39 is 0 Å². The van der Waals surface area contributed by atoms with Gasteiger partial charge in [-0.3, -0.25) is 0 Å². The van der Waals surface area contributed by atoms with Crippen LogP contribution in [0.5, 0.6) is 5.88 Å². The lowest BCUT2D eigenvalue weighted by atomic mass is 10.1. The zero-order valence-electron chi connectivity index (χ0n) is 7.45. The minimum Gasteiger partial charge on any atom is -0.481 e. The SMILES string of the molecule is COc1ncccc1C[C@@H](C)N. The first kappa shape index (κ1) is 9.00. The van der Waals surface area contributed by atoms with Crippen molar-refractivity contribution in [2.75, 3.05) is 7.11 Å². The van der Waals surface area contributed by atoms with Crippen LogP contribution in [0.25, 0.3) is 0 Å². The Morgan fingerprint density at radius 3 is 3.00 bits per heavy atom. The second kappa shape index (κ2) is 4.07. The zero-order valence-corrected chi connectivity index (χ0v) is 7.45. The third-order valence-corrected chi connectivity index (χ3v) is 1.59. The Morgan fingerprint density at radius 1 is 1.67 bits per heavy atom.